The van der Waals surface area contributed by atoms with Gasteiger partial charge < -0.3 is 0 Å². The maximum absolute atomic E-state index is 12.4. The molecule has 0 saturated carbocycles. The topological polar surface area (TPSA) is 25.2 Å². The summed E-state index contributed by atoms with van der Waals surface area (Å²) in [6.07, 6.45) is 9.78. The van der Waals surface area contributed by atoms with Gasteiger partial charge in [0.05, 0.1) is 10.2 Å². The van der Waals surface area contributed by atoms with Crippen molar-refractivity contribution in [1.29, 1.82) is 0 Å². The SMILES string of the molecule is O=c1sc2ccccc2n1CCCN1C2C=C(CCc3ccccc3)CC1CC2. The smallest absolute Gasteiger partial charge is 0.299 e. The summed E-state index contributed by atoms with van der Waals surface area (Å²) >= 11 is 1.37. The molecule has 1 saturated heterocycles. The van der Waals surface area contributed by atoms with Gasteiger partial charge in [0, 0.05) is 25.2 Å². The number of para-hydroxylation sites is 1. The van der Waals surface area contributed by atoms with Crippen LogP contribution < -0.4 is 4.87 Å². The average Bonchev–Trinajstić information content (AvgIpc) is 3.18. The third kappa shape index (κ3) is 3.96. The molecule has 3 aromatic rings. The number of aromatic nitrogens is 1. The fraction of sp³-hybridized carbons (Fsp3) is 0.400. The van der Waals surface area contributed by atoms with Crippen LogP contribution in [0.1, 0.15) is 37.7 Å². The second-order valence-corrected chi connectivity index (χ2v) is 9.39. The van der Waals surface area contributed by atoms with Crippen LogP contribution in [-0.2, 0) is 13.0 Å². The van der Waals surface area contributed by atoms with Crippen LogP contribution in [-0.4, -0.2) is 28.1 Å². The zero-order valence-electron chi connectivity index (χ0n) is 16.8. The Kier molecular flexibility index (Phi) is 5.38. The molecule has 2 unspecified atom stereocenters. The third-order valence-corrected chi connectivity index (χ3v) is 7.53. The number of nitrogens with zero attached hydrogens (tertiary/aromatic N) is 2. The lowest BCUT2D eigenvalue weighted by atomic mass is 9.95. The highest BCUT2D eigenvalue weighted by atomic mass is 32.1. The van der Waals surface area contributed by atoms with Crippen LogP contribution in [0.4, 0.5) is 0 Å². The maximum atomic E-state index is 12.4. The summed E-state index contributed by atoms with van der Waals surface area (Å²) < 4.78 is 3.06. The van der Waals surface area contributed by atoms with Crippen molar-refractivity contribution in [3.8, 4) is 0 Å². The van der Waals surface area contributed by atoms with E-state index in [1.807, 2.05) is 22.8 Å². The van der Waals surface area contributed by atoms with Crippen LogP contribution in [0.5, 0.6) is 0 Å². The predicted molar refractivity (Wildman–Crippen MR) is 122 cm³/mol. The molecule has 29 heavy (non-hydrogen) atoms. The lowest BCUT2D eigenvalue weighted by molar-refractivity contribution is 0.197. The molecule has 0 spiro atoms. The molecule has 4 heteroatoms. The Balaban J connectivity index is 1.19. The molecule has 3 nitrogen and oxygen atoms in total. The van der Waals surface area contributed by atoms with E-state index in [-0.39, 0.29) is 4.87 Å². The Hall–Kier alpha value is -2.17. The van der Waals surface area contributed by atoms with Gasteiger partial charge in [-0.15, -0.1) is 0 Å². The number of fused-ring (bicyclic) bond motifs is 3. The van der Waals surface area contributed by atoms with E-state index in [9.17, 15) is 4.79 Å². The van der Waals surface area contributed by atoms with Crippen LogP contribution in [0.2, 0.25) is 0 Å². The largest absolute Gasteiger partial charge is 0.308 e. The van der Waals surface area contributed by atoms with Gasteiger partial charge in [0.25, 0.3) is 0 Å². The normalized spacial score (nSPS) is 21.6. The molecule has 2 aliphatic heterocycles. The fourth-order valence-electron chi connectivity index (χ4n) is 5.13. The van der Waals surface area contributed by atoms with Crippen molar-refractivity contribution in [1.82, 2.24) is 9.47 Å². The van der Waals surface area contributed by atoms with Crippen LogP contribution in [0.25, 0.3) is 10.2 Å². The summed E-state index contributed by atoms with van der Waals surface area (Å²) in [6, 6.07) is 20.3. The number of hydrogen-bond donors (Lipinski definition) is 0. The molecule has 150 valence electrons. The number of thiazole rings is 1. The molecule has 1 aromatic heterocycles. The third-order valence-electron chi connectivity index (χ3n) is 6.57. The number of hydrogen-bond acceptors (Lipinski definition) is 3. The molecule has 2 bridgehead atoms. The van der Waals surface area contributed by atoms with Crippen molar-refractivity contribution in [3.05, 3.63) is 81.5 Å². The molecule has 0 radical (unpaired) electrons. The Morgan fingerprint density at radius 3 is 2.62 bits per heavy atom. The van der Waals surface area contributed by atoms with Crippen molar-refractivity contribution in [2.45, 2.75) is 57.2 Å². The molecule has 5 rings (SSSR count). The highest BCUT2D eigenvalue weighted by Gasteiger charge is 2.35. The zero-order chi connectivity index (χ0) is 19.6. The van der Waals surface area contributed by atoms with Gasteiger partial charge in [-0.25, -0.2) is 0 Å². The van der Waals surface area contributed by atoms with E-state index in [0.717, 1.165) is 36.1 Å². The zero-order valence-corrected chi connectivity index (χ0v) is 17.6. The van der Waals surface area contributed by atoms with Gasteiger partial charge in [0.2, 0.25) is 0 Å². The Morgan fingerprint density at radius 1 is 0.931 bits per heavy atom. The van der Waals surface area contributed by atoms with E-state index < -0.39 is 0 Å². The van der Waals surface area contributed by atoms with Crippen LogP contribution >= 0.6 is 11.3 Å². The molecule has 2 aliphatic rings. The second kappa shape index (κ2) is 8.29. The fourth-order valence-corrected chi connectivity index (χ4v) is 6.04. The number of benzene rings is 2. The summed E-state index contributed by atoms with van der Waals surface area (Å²) in [6.45, 7) is 1.91. The predicted octanol–water partition coefficient (Wildman–Crippen LogP) is 5.25. The minimum absolute atomic E-state index is 0.177. The highest BCUT2D eigenvalue weighted by Crippen LogP contribution is 2.36. The van der Waals surface area contributed by atoms with Crippen molar-refractivity contribution in [2.24, 2.45) is 0 Å². The van der Waals surface area contributed by atoms with Gasteiger partial charge in [-0.1, -0.05) is 65.5 Å². The molecule has 2 aromatic carbocycles. The highest BCUT2D eigenvalue weighted by molar-refractivity contribution is 7.16. The van der Waals surface area contributed by atoms with E-state index in [0.29, 0.717) is 12.1 Å². The lowest BCUT2D eigenvalue weighted by Crippen LogP contribution is -2.39. The lowest BCUT2D eigenvalue weighted by Gasteiger charge is -2.34. The quantitative estimate of drug-likeness (QED) is 0.503. The van der Waals surface area contributed by atoms with Gasteiger partial charge in [-0.05, 0) is 56.2 Å². The van der Waals surface area contributed by atoms with E-state index in [1.54, 1.807) is 5.57 Å². The molecule has 3 heterocycles. The van der Waals surface area contributed by atoms with Gasteiger partial charge in [-0.3, -0.25) is 14.3 Å². The van der Waals surface area contributed by atoms with Crippen LogP contribution in [0.15, 0.2) is 71.0 Å². The summed E-state index contributed by atoms with van der Waals surface area (Å²) in [5, 5.41) is 0. The summed E-state index contributed by atoms with van der Waals surface area (Å²) in [4.78, 5) is 15.2. The monoisotopic (exact) mass is 404 g/mol. The number of aryl methyl sites for hydroxylation is 2. The van der Waals surface area contributed by atoms with Crippen molar-refractivity contribution >= 4 is 21.6 Å². The molecule has 0 N–H and O–H groups in total. The minimum Gasteiger partial charge on any atom is -0.299 e. The summed E-state index contributed by atoms with van der Waals surface area (Å²) in [7, 11) is 0. The Labute approximate surface area is 176 Å². The Morgan fingerprint density at radius 2 is 1.76 bits per heavy atom. The van der Waals surface area contributed by atoms with E-state index in [2.05, 4.69) is 47.4 Å². The van der Waals surface area contributed by atoms with Crippen LogP contribution in [0, 0.1) is 0 Å². The van der Waals surface area contributed by atoms with E-state index >= 15 is 0 Å². The second-order valence-electron chi connectivity index (χ2n) is 8.39. The van der Waals surface area contributed by atoms with E-state index in [1.165, 1.54) is 42.6 Å². The minimum atomic E-state index is 0.177. The van der Waals surface area contributed by atoms with Crippen molar-refractivity contribution in [3.63, 3.8) is 0 Å². The average molecular weight is 405 g/mol. The molecule has 2 atom stereocenters. The summed E-state index contributed by atoms with van der Waals surface area (Å²) in [5.74, 6) is 0. The van der Waals surface area contributed by atoms with Crippen LogP contribution in [0.3, 0.4) is 0 Å². The molecule has 0 aliphatic carbocycles. The van der Waals surface area contributed by atoms with Gasteiger partial charge in [0.1, 0.15) is 0 Å². The van der Waals surface area contributed by atoms with Crippen molar-refractivity contribution in [2.75, 3.05) is 6.54 Å². The first-order valence-electron chi connectivity index (χ1n) is 10.9. The first-order chi connectivity index (χ1) is 14.3. The van der Waals surface area contributed by atoms with E-state index in [4.69, 9.17) is 0 Å². The maximum Gasteiger partial charge on any atom is 0.308 e. The van der Waals surface area contributed by atoms with Gasteiger partial charge in [-0.2, -0.15) is 0 Å². The first-order valence-corrected chi connectivity index (χ1v) is 11.7. The Bertz CT molecular complexity index is 1070. The van der Waals surface area contributed by atoms with Gasteiger partial charge in [0.15, 0.2) is 0 Å². The van der Waals surface area contributed by atoms with Gasteiger partial charge >= 0.3 is 4.87 Å². The number of rotatable bonds is 7. The molecular formula is C25H28N2OS. The first kappa shape index (κ1) is 18.8. The summed E-state index contributed by atoms with van der Waals surface area (Å²) in [5.41, 5.74) is 4.18. The molecule has 0 amide bonds. The molecular weight excluding hydrogens is 376 g/mol. The standard InChI is InChI=1S/C25H28N2OS/c28-25-27(23-9-4-5-10-24(23)29-25)16-6-15-26-21-13-14-22(26)18-20(17-21)12-11-19-7-2-1-3-8-19/h1-5,7-10,17,21-22H,6,11-16,18H2. The van der Waals surface area contributed by atoms with Crippen molar-refractivity contribution < 1.29 is 0 Å². The molecule has 1 fully saturated rings.